The van der Waals surface area contributed by atoms with E-state index in [2.05, 4.69) is 0 Å². The summed E-state index contributed by atoms with van der Waals surface area (Å²) in [6.45, 7) is 0. The second-order valence-corrected chi connectivity index (χ2v) is 8.61. The molecule has 3 heterocycles. The van der Waals surface area contributed by atoms with E-state index in [1.54, 1.807) is 22.0 Å². The van der Waals surface area contributed by atoms with Gasteiger partial charge in [-0.1, -0.05) is 31.0 Å². The lowest BCUT2D eigenvalue weighted by Crippen LogP contribution is -2.29. The highest BCUT2D eigenvalue weighted by Crippen LogP contribution is 2.34. The topological polar surface area (TPSA) is 52.0 Å². The van der Waals surface area contributed by atoms with Gasteiger partial charge in [0.05, 0.1) is 4.88 Å². The van der Waals surface area contributed by atoms with Crippen molar-refractivity contribution in [2.75, 3.05) is 0 Å². The van der Waals surface area contributed by atoms with Crippen LogP contribution in [0.4, 0.5) is 0 Å². The molecule has 0 amide bonds. The smallest absolute Gasteiger partial charge is 0.266 e. The Morgan fingerprint density at radius 2 is 1.85 bits per heavy atom. The van der Waals surface area contributed by atoms with Crippen molar-refractivity contribution in [3.8, 4) is 10.7 Å². The van der Waals surface area contributed by atoms with Crippen LogP contribution in [0.2, 0.25) is 0 Å². The van der Waals surface area contributed by atoms with Crippen molar-refractivity contribution in [2.45, 2.75) is 31.7 Å². The van der Waals surface area contributed by atoms with Crippen molar-refractivity contribution in [3.63, 3.8) is 0 Å². The Balaban J connectivity index is 1.94. The van der Waals surface area contributed by atoms with Crippen LogP contribution in [0.15, 0.2) is 51.4 Å². The summed E-state index contributed by atoms with van der Waals surface area (Å²) in [5, 5.41) is 2.83. The second kappa shape index (κ2) is 6.14. The number of nitrogens with zero attached hydrogens (tertiary/aromatic N) is 2. The third kappa shape index (κ3) is 2.36. The van der Waals surface area contributed by atoms with Crippen molar-refractivity contribution in [1.82, 2.24) is 9.55 Å². The maximum atomic E-state index is 13.4. The first-order chi connectivity index (χ1) is 12.7. The predicted octanol–water partition coefficient (Wildman–Crippen LogP) is 4.82. The Bertz CT molecular complexity index is 1230. The summed E-state index contributed by atoms with van der Waals surface area (Å²) in [5.74, 6) is 0.704. The Morgan fingerprint density at radius 1 is 1.04 bits per heavy atom. The van der Waals surface area contributed by atoms with Gasteiger partial charge in [-0.25, -0.2) is 4.98 Å². The van der Waals surface area contributed by atoms with Gasteiger partial charge in [-0.15, -0.1) is 22.7 Å². The molecule has 0 spiro atoms. The molecule has 0 atom stereocenters. The van der Waals surface area contributed by atoms with E-state index in [0.717, 1.165) is 35.3 Å². The molecule has 5 rings (SSSR count). The van der Waals surface area contributed by atoms with Gasteiger partial charge in [0, 0.05) is 16.1 Å². The van der Waals surface area contributed by atoms with E-state index in [1.807, 2.05) is 35.7 Å². The summed E-state index contributed by atoms with van der Waals surface area (Å²) in [6.07, 6.45) is 4.17. The fourth-order valence-electron chi connectivity index (χ4n) is 3.85. The van der Waals surface area contributed by atoms with Gasteiger partial charge in [0.15, 0.2) is 5.82 Å². The van der Waals surface area contributed by atoms with E-state index < -0.39 is 0 Å². The van der Waals surface area contributed by atoms with E-state index >= 15 is 0 Å². The number of rotatable bonds is 2. The average Bonchev–Trinajstić information content (AvgIpc) is 3.35. The van der Waals surface area contributed by atoms with Gasteiger partial charge >= 0.3 is 0 Å². The van der Waals surface area contributed by atoms with Crippen LogP contribution in [0.5, 0.6) is 0 Å². The summed E-state index contributed by atoms with van der Waals surface area (Å²) in [7, 11) is 0. The molecule has 0 N–H and O–H groups in total. The molecule has 26 heavy (non-hydrogen) atoms. The van der Waals surface area contributed by atoms with Gasteiger partial charge in [0.1, 0.15) is 10.2 Å². The van der Waals surface area contributed by atoms with Gasteiger partial charge < -0.3 is 0 Å². The number of hydrogen-bond acceptors (Lipinski definition) is 5. The van der Waals surface area contributed by atoms with E-state index in [0.29, 0.717) is 16.0 Å². The Labute approximate surface area is 157 Å². The first-order valence-corrected chi connectivity index (χ1v) is 10.5. The maximum Gasteiger partial charge on any atom is 0.266 e. The number of aromatic nitrogens is 2. The largest absolute Gasteiger partial charge is 0.288 e. The minimum atomic E-state index is -0.198. The quantitative estimate of drug-likeness (QED) is 0.469. The first-order valence-electron chi connectivity index (χ1n) is 8.76. The zero-order chi connectivity index (χ0) is 17.7. The highest BCUT2D eigenvalue weighted by atomic mass is 32.1. The van der Waals surface area contributed by atoms with Crippen molar-refractivity contribution < 1.29 is 0 Å². The van der Waals surface area contributed by atoms with Crippen LogP contribution >= 0.6 is 22.7 Å². The third-order valence-corrected chi connectivity index (χ3v) is 7.01. The van der Waals surface area contributed by atoms with Crippen molar-refractivity contribution >= 4 is 43.0 Å². The molecule has 1 aromatic carbocycles. The molecule has 0 radical (unpaired) electrons. The molecule has 1 aliphatic rings. The molecular formula is C20H16N2O2S2. The summed E-state index contributed by atoms with van der Waals surface area (Å²) < 4.78 is 2.66. The molecule has 1 fully saturated rings. The summed E-state index contributed by atoms with van der Waals surface area (Å²) in [6, 6.07) is 11.5. The summed E-state index contributed by atoms with van der Waals surface area (Å²) in [5.41, 5.74) is -0.381. The number of fused-ring (bicyclic) bond motifs is 2. The monoisotopic (exact) mass is 380 g/mol. The zero-order valence-electron chi connectivity index (χ0n) is 14.0. The van der Waals surface area contributed by atoms with Crippen LogP contribution in [-0.2, 0) is 0 Å². The third-order valence-electron chi connectivity index (χ3n) is 5.08. The molecule has 0 bridgehead atoms. The van der Waals surface area contributed by atoms with Crippen molar-refractivity contribution in [1.29, 1.82) is 0 Å². The normalized spacial score (nSPS) is 15.2. The zero-order valence-corrected chi connectivity index (χ0v) is 15.6. The van der Waals surface area contributed by atoms with Gasteiger partial charge in [-0.3, -0.25) is 14.2 Å². The molecule has 4 aromatic rings. The van der Waals surface area contributed by atoms with Crippen LogP contribution < -0.4 is 11.0 Å². The molecule has 1 aliphatic carbocycles. The van der Waals surface area contributed by atoms with Crippen LogP contribution in [0.3, 0.4) is 0 Å². The van der Waals surface area contributed by atoms with Crippen LogP contribution in [-0.4, -0.2) is 9.55 Å². The SMILES string of the molecule is O=c1c2ccccc2sc2nc(-c3cccs3)n(C3CCCC3)c(=O)c12. The van der Waals surface area contributed by atoms with Gasteiger partial charge in [0.25, 0.3) is 5.56 Å². The van der Waals surface area contributed by atoms with Crippen molar-refractivity contribution in [2.24, 2.45) is 0 Å². The molecule has 0 aliphatic heterocycles. The molecule has 0 unspecified atom stereocenters. The summed E-state index contributed by atoms with van der Waals surface area (Å²) in [4.78, 5) is 32.8. The highest BCUT2D eigenvalue weighted by Gasteiger charge is 2.25. The van der Waals surface area contributed by atoms with Gasteiger partial charge in [0.2, 0.25) is 5.43 Å². The molecule has 4 nitrogen and oxygen atoms in total. The second-order valence-electron chi connectivity index (χ2n) is 6.63. The van der Waals surface area contributed by atoms with Crippen LogP contribution in [0.1, 0.15) is 31.7 Å². The summed E-state index contributed by atoms with van der Waals surface area (Å²) >= 11 is 3.00. The van der Waals surface area contributed by atoms with E-state index in [1.165, 1.54) is 11.3 Å². The number of benzene rings is 1. The van der Waals surface area contributed by atoms with Gasteiger partial charge in [-0.2, -0.15) is 0 Å². The fourth-order valence-corrected chi connectivity index (χ4v) is 5.60. The van der Waals surface area contributed by atoms with E-state index in [9.17, 15) is 9.59 Å². The van der Waals surface area contributed by atoms with E-state index in [4.69, 9.17) is 4.98 Å². The molecule has 0 saturated heterocycles. The molecular weight excluding hydrogens is 364 g/mol. The minimum Gasteiger partial charge on any atom is -0.288 e. The first kappa shape index (κ1) is 15.9. The maximum absolute atomic E-state index is 13.4. The average molecular weight is 380 g/mol. The fraction of sp³-hybridized carbons (Fsp3) is 0.250. The van der Waals surface area contributed by atoms with Crippen LogP contribution in [0, 0.1) is 0 Å². The molecule has 130 valence electrons. The van der Waals surface area contributed by atoms with Crippen molar-refractivity contribution in [3.05, 3.63) is 62.4 Å². The minimum absolute atomic E-state index is 0.132. The molecule has 6 heteroatoms. The Kier molecular flexibility index (Phi) is 3.76. The lowest BCUT2D eigenvalue weighted by Gasteiger charge is -2.18. The lowest BCUT2D eigenvalue weighted by molar-refractivity contribution is 0.506. The Hall–Kier alpha value is -2.31. The predicted molar refractivity (Wildman–Crippen MR) is 108 cm³/mol. The van der Waals surface area contributed by atoms with E-state index in [-0.39, 0.29) is 22.4 Å². The molecule has 1 saturated carbocycles. The molecule has 3 aromatic heterocycles. The number of thiophene rings is 1. The lowest BCUT2D eigenvalue weighted by atomic mass is 10.2. The number of hydrogen-bond donors (Lipinski definition) is 0. The van der Waals surface area contributed by atoms with Crippen LogP contribution in [0.25, 0.3) is 31.0 Å². The highest BCUT2D eigenvalue weighted by molar-refractivity contribution is 7.24. The standard InChI is InChI=1S/C20H16N2O2S2/c23-17-13-8-3-4-9-14(13)26-19-16(17)20(24)22(12-6-1-2-7-12)18(21-19)15-10-5-11-25-15/h3-5,8-12H,1-2,6-7H2. The van der Waals surface area contributed by atoms with Gasteiger partial charge in [-0.05, 0) is 36.4 Å². The Morgan fingerprint density at radius 3 is 2.62 bits per heavy atom.